The van der Waals surface area contributed by atoms with Gasteiger partial charge in [-0.25, -0.2) is 9.97 Å². The monoisotopic (exact) mass is 375 g/mol. The third kappa shape index (κ3) is 4.64. The predicted octanol–water partition coefficient (Wildman–Crippen LogP) is 6.85. The van der Waals surface area contributed by atoms with Crippen molar-refractivity contribution in [1.29, 1.82) is 0 Å². The molecule has 4 aliphatic carbocycles. The van der Waals surface area contributed by atoms with E-state index in [9.17, 15) is 0 Å². The van der Waals surface area contributed by atoms with E-state index in [1.54, 1.807) is 95.5 Å². The van der Waals surface area contributed by atoms with Gasteiger partial charge < -0.3 is 9.40 Å². The number of aromatic nitrogens is 3. The van der Waals surface area contributed by atoms with Crippen LogP contribution in [0.2, 0.25) is 0 Å². The Kier molecular flexibility index (Phi) is 6.65. The first-order valence-corrected chi connectivity index (χ1v) is 11.2. The van der Waals surface area contributed by atoms with E-state index in [0.29, 0.717) is 0 Å². The van der Waals surface area contributed by atoms with Crippen molar-refractivity contribution in [3.63, 3.8) is 0 Å². The number of rotatable bonds is 0. The van der Waals surface area contributed by atoms with Crippen LogP contribution in [0.5, 0.6) is 0 Å². The van der Waals surface area contributed by atoms with Gasteiger partial charge in [-0.05, 0) is 74.0 Å². The summed E-state index contributed by atoms with van der Waals surface area (Å²) >= 11 is 0. The van der Waals surface area contributed by atoms with Crippen molar-refractivity contribution in [2.24, 2.45) is 35.5 Å². The van der Waals surface area contributed by atoms with Gasteiger partial charge in [0, 0.05) is 16.7 Å². The van der Waals surface area contributed by atoms with Gasteiger partial charge in [-0.15, -0.1) is 0 Å². The maximum atomic E-state index is 4.47. The van der Waals surface area contributed by atoms with E-state index in [1.807, 2.05) is 0 Å². The topological polar surface area (TPSA) is 54.7 Å². The third-order valence-electron chi connectivity index (χ3n) is 7.83. The van der Waals surface area contributed by atoms with Crippen LogP contribution >= 0.6 is 0 Å². The molecule has 4 fully saturated rings. The predicted molar refractivity (Wildman–Crippen MR) is 113 cm³/mol. The van der Waals surface area contributed by atoms with Crippen molar-refractivity contribution in [2.45, 2.75) is 70.6 Å². The van der Waals surface area contributed by atoms with E-state index >= 15 is 0 Å². The van der Waals surface area contributed by atoms with Gasteiger partial charge in [0.05, 0.1) is 12.5 Å². The highest BCUT2D eigenvalue weighted by Crippen LogP contribution is 2.57. The van der Waals surface area contributed by atoms with Crippen LogP contribution in [-0.4, -0.2) is 15.0 Å². The smallest absolute Gasteiger partial charge is 0.180 e. The van der Waals surface area contributed by atoms with Crippen LogP contribution in [0.4, 0.5) is 0 Å². The minimum atomic E-state index is 0. The van der Waals surface area contributed by atoms with Gasteiger partial charge in [0.25, 0.3) is 0 Å². The SMILES string of the molecule is C1CCC2C(C1)CC[C@@H]1C2CC[C@@H]2CCCC21.[HH].[HH].[HH].c1c[nH]cn1.c1cocn1. The average molecular weight is 376 g/mol. The molecule has 2 aromatic rings. The second-order valence-electron chi connectivity index (χ2n) is 8.98. The largest absolute Gasteiger partial charge is 0.452 e. The summed E-state index contributed by atoms with van der Waals surface area (Å²) < 4.78 is 4.47. The molecule has 0 saturated heterocycles. The van der Waals surface area contributed by atoms with Crippen molar-refractivity contribution >= 4 is 0 Å². The lowest BCUT2D eigenvalue weighted by atomic mass is 9.54. The van der Waals surface area contributed by atoms with Crippen LogP contribution in [0.3, 0.4) is 0 Å². The Morgan fingerprint density at radius 1 is 0.704 bits per heavy atom. The fourth-order valence-electron chi connectivity index (χ4n) is 6.84. The van der Waals surface area contributed by atoms with Gasteiger partial charge in [0.15, 0.2) is 6.39 Å². The van der Waals surface area contributed by atoms with Crippen LogP contribution in [0.15, 0.2) is 42.0 Å². The summed E-state index contributed by atoms with van der Waals surface area (Å²) in [5.74, 6) is 7.02. The molecule has 1 N–H and O–H groups in total. The first-order valence-electron chi connectivity index (χ1n) is 11.2. The van der Waals surface area contributed by atoms with Crippen LogP contribution < -0.4 is 0 Å². The van der Waals surface area contributed by atoms with Gasteiger partial charge >= 0.3 is 0 Å². The summed E-state index contributed by atoms with van der Waals surface area (Å²) in [6.45, 7) is 0. The molecule has 4 heteroatoms. The summed E-state index contributed by atoms with van der Waals surface area (Å²) in [5.41, 5.74) is 0. The standard InChI is InChI=1S/C17H28.C3H4N2.C3H3NO.3H2/c1-2-6-14-12(4-1)8-10-17-15-7-3-5-13(15)9-11-16(14)17;2*1-2-5-3-4-1;;;/h12-17H,1-11H2;1-3H,(H,4,5);1-3H;3*1H/t12?,13-,14?,15?,16?,17-;;;;;/m0...../s1. The molecule has 2 aromatic heterocycles. The zero-order chi connectivity index (χ0) is 18.3. The summed E-state index contributed by atoms with van der Waals surface area (Å²) in [6.07, 6.45) is 27.0. The molecule has 2 heterocycles. The minimum Gasteiger partial charge on any atom is -0.452 e. The Morgan fingerprint density at radius 2 is 1.41 bits per heavy atom. The summed E-state index contributed by atoms with van der Waals surface area (Å²) in [7, 11) is 0. The summed E-state index contributed by atoms with van der Waals surface area (Å²) in [5, 5.41) is 0. The van der Waals surface area contributed by atoms with Gasteiger partial charge in [-0.1, -0.05) is 32.1 Å². The molecule has 6 rings (SSSR count). The van der Waals surface area contributed by atoms with Crippen molar-refractivity contribution in [2.75, 3.05) is 0 Å². The molecule has 154 valence electrons. The fraction of sp³-hybridized carbons (Fsp3) is 0.739. The van der Waals surface area contributed by atoms with Gasteiger partial charge in [-0.2, -0.15) is 0 Å². The molecule has 0 bridgehead atoms. The average Bonchev–Trinajstić information content (AvgIpc) is 3.52. The number of fused-ring (bicyclic) bond motifs is 5. The maximum Gasteiger partial charge on any atom is 0.180 e. The molecule has 4 saturated carbocycles. The number of hydrogen-bond donors (Lipinski definition) is 1. The highest BCUT2D eigenvalue weighted by molar-refractivity contribution is 4.98. The van der Waals surface area contributed by atoms with E-state index in [-0.39, 0.29) is 4.28 Å². The highest BCUT2D eigenvalue weighted by atomic mass is 16.3. The highest BCUT2D eigenvalue weighted by Gasteiger charge is 2.48. The van der Waals surface area contributed by atoms with Crippen molar-refractivity contribution in [3.8, 4) is 0 Å². The molecule has 4 aliphatic rings. The van der Waals surface area contributed by atoms with Gasteiger partial charge in [0.2, 0.25) is 0 Å². The molecule has 0 aliphatic heterocycles. The van der Waals surface area contributed by atoms with Gasteiger partial charge in [0.1, 0.15) is 6.26 Å². The van der Waals surface area contributed by atoms with E-state index in [1.165, 1.54) is 36.3 Å². The van der Waals surface area contributed by atoms with E-state index in [4.69, 9.17) is 0 Å². The molecule has 0 radical (unpaired) electrons. The van der Waals surface area contributed by atoms with E-state index in [0.717, 1.165) is 11.8 Å². The maximum absolute atomic E-state index is 4.47. The van der Waals surface area contributed by atoms with Crippen LogP contribution in [0.1, 0.15) is 74.9 Å². The fourth-order valence-corrected chi connectivity index (χ4v) is 6.84. The van der Waals surface area contributed by atoms with Crippen LogP contribution in [0, 0.1) is 35.5 Å². The first-order chi connectivity index (χ1) is 13.4. The number of hydrogen-bond acceptors (Lipinski definition) is 3. The molecule has 27 heavy (non-hydrogen) atoms. The molecule has 4 nitrogen and oxygen atoms in total. The number of nitrogens with zero attached hydrogens (tertiary/aromatic N) is 2. The quantitative estimate of drug-likeness (QED) is 0.547. The number of oxazole rings is 1. The van der Waals surface area contributed by atoms with Gasteiger partial charge in [-0.3, -0.25) is 0 Å². The van der Waals surface area contributed by atoms with Crippen molar-refractivity contribution < 1.29 is 8.70 Å². The Hall–Kier alpha value is -1.58. The lowest BCUT2D eigenvalue weighted by molar-refractivity contribution is -0.0184. The molecule has 0 aromatic carbocycles. The molecule has 6 atom stereocenters. The van der Waals surface area contributed by atoms with Crippen molar-refractivity contribution in [1.82, 2.24) is 15.0 Å². The second kappa shape index (κ2) is 9.57. The Labute approximate surface area is 168 Å². The zero-order valence-electron chi connectivity index (χ0n) is 16.5. The number of imidazole rings is 1. The van der Waals surface area contributed by atoms with Crippen molar-refractivity contribution in [3.05, 3.63) is 37.6 Å². The summed E-state index contributed by atoms with van der Waals surface area (Å²) in [6, 6.07) is 0. The molecule has 4 unspecified atom stereocenters. The lowest BCUT2D eigenvalue weighted by Crippen LogP contribution is -2.43. The first kappa shape index (κ1) is 18.8. The van der Waals surface area contributed by atoms with Crippen LogP contribution in [-0.2, 0) is 0 Å². The van der Waals surface area contributed by atoms with E-state index < -0.39 is 0 Å². The summed E-state index contributed by atoms with van der Waals surface area (Å²) in [4.78, 5) is 9.97. The second-order valence-corrected chi connectivity index (χ2v) is 8.98. The molecule has 0 amide bonds. The lowest BCUT2D eigenvalue weighted by Gasteiger charge is -2.51. The number of nitrogens with one attached hydrogen (secondary N) is 1. The number of aromatic amines is 1. The Balaban J connectivity index is 0.000000291. The van der Waals surface area contributed by atoms with Crippen LogP contribution in [0.25, 0.3) is 0 Å². The molecule has 0 spiro atoms. The van der Waals surface area contributed by atoms with E-state index in [2.05, 4.69) is 19.4 Å². The zero-order valence-corrected chi connectivity index (χ0v) is 16.5. The number of H-pyrrole nitrogens is 1. The normalized spacial score (nSPS) is 36.7. The molecular formula is C23H41N3O. The Morgan fingerprint density at radius 3 is 1.93 bits per heavy atom. The minimum absolute atomic E-state index is 0. The Bertz CT molecular complexity index is 565. The third-order valence-corrected chi connectivity index (χ3v) is 7.83. The molecular weight excluding hydrogens is 334 g/mol.